The quantitative estimate of drug-likeness (QED) is 0.774. The largest absolute Gasteiger partial charge is 0.344 e. The Kier molecular flexibility index (Phi) is 6.60. The molecule has 0 spiro atoms. The molecule has 0 unspecified atom stereocenters. The number of aryl methyl sites for hydroxylation is 1. The maximum atomic E-state index is 11.8. The van der Waals surface area contributed by atoms with Gasteiger partial charge in [-0.3, -0.25) is 0 Å². The summed E-state index contributed by atoms with van der Waals surface area (Å²) in [6.45, 7) is 3.66. The third-order valence-electron chi connectivity index (χ3n) is 4.31. The van der Waals surface area contributed by atoms with Crippen LogP contribution in [-0.4, -0.2) is 68.1 Å². The number of hydrogen-bond acceptors (Lipinski definition) is 4. The molecule has 134 valence electrons. The van der Waals surface area contributed by atoms with E-state index in [-0.39, 0.29) is 17.5 Å². The van der Waals surface area contributed by atoms with Crippen molar-refractivity contribution in [3.05, 3.63) is 29.8 Å². The van der Waals surface area contributed by atoms with Crippen LogP contribution in [-0.2, 0) is 16.3 Å². The fourth-order valence-electron chi connectivity index (χ4n) is 2.80. The van der Waals surface area contributed by atoms with Crippen molar-refractivity contribution in [2.75, 3.05) is 44.0 Å². The Balaban J connectivity index is 2.08. The number of rotatable bonds is 6. The van der Waals surface area contributed by atoms with Crippen molar-refractivity contribution in [3.63, 3.8) is 0 Å². The van der Waals surface area contributed by atoms with E-state index in [1.807, 2.05) is 31.1 Å². The lowest BCUT2D eigenvalue weighted by Crippen LogP contribution is -2.46. The zero-order chi connectivity index (χ0) is 17.7. The van der Waals surface area contributed by atoms with Crippen LogP contribution in [0, 0.1) is 0 Å². The maximum Gasteiger partial charge on any atom is 0.173 e. The monoisotopic (exact) mass is 369 g/mol. The summed E-state index contributed by atoms with van der Waals surface area (Å²) < 4.78 is 23.7. The Morgan fingerprint density at radius 2 is 1.92 bits per heavy atom. The molecule has 1 aliphatic heterocycles. The number of benzene rings is 1. The van der Waals surface area contributed by atoms with Gasteiger partial charge in [0, 0.05) is 24.8 Å². The van der Waals surface area contributed by atoms with Gasteiger partial charge < -0.3 is 15.1 Å². The molecule has 1 aromatic carbocycles. The van der Waals surface area contributed by atoms with Gasteiger partial charge in [-0.05, 0) is 56.9 Å². The number of nitrogens with zero attached hydrogens (tertiary/aromatic N) is 2. The zero-order valence-electron chi connectivity index (χ0n) is 14.7. The lowest BCUT2D eigenvalue weighted by molar-refractivity contribution is 0.289. The van der Waals surface area contributed by atoms with Gasteiger partial charge in [-0.15, -0.1) is 0 Å². The Morgan fingerprint density at radius 3 is 2.42 bits per heavy atom. The average Bonchev–Trinajstić information content (AvgIpc) is 2.88. The van der Waals surface area contributed by atoms with Crippen molar-refractivity contribution in [1.82, 2.24) is 9.80 Å². The topological polar surface area (TPSA) is 52.6 Å². The number of hydrogen-bond donors (Lipinski definition) is 1. The predicted molar refractivity (Wildman–Crippen MR) is 104 cm³/mol. The Morgan fingerprint density at radius 1 is 1.25 bits per heavy atom. The van der Waals surface area contributed by atoms with Crippen LogP contribution >= 0.6 is 12.2 Å². The first-order valence-electron chi connectivity index (χ1n) is 8.32. The van der Waals surface area contributed by atoms with Crippen LogP contribution in [0.25, 0.3) is 0 Å². The first-order valence-corrected chi connectivity index (χ1v) is 10.6. The van der Waals surface area contributed by atoms with E-state index in [1.165, 1.54) is 5.56 Å². The number of sulfone groups is 1. The Bertz CT molecular complexity index is 657. The highest BCUT2D eigenvalue weighted by atomic mass is 32.2. The maximum absolute atomic E-state index is 11.8. The summed E-state index contributed by atoms with van der Waals surface area (Å²) in [7, 11) is 1.07. The summed E-state index contributed by atoms with van der Waals surface area (Å²) in [5, 5.41) is 3.87. The fraction of sp³-hybridized carbons (Fsp3) is 0.588. The minimum Gasteiger partial charge on any atom is -0.344 e. The lowest BCUT2D eigenvalue weighted by atomic mass is 10.1. The van der Waals surface area contributed by atoms with Crippen LogP contribution < -0.4 is 5.32 Å². The minimum absolute atomic E-state index is 0.0372. The highest BCUT2D eigenvalue weighted by molar-refractivity contribution is 7.91. The van der Waals surface area contributed by atoms with Gasteiger partial charge >= 0.3 is 0 Å². The molecule has 1 N–H and O–H groups in total. The first-order chi connectivity index (χ1) is 11.3. The molecule has 1 saturated heterocycles. The molecule has 0 aliphatic carbocycles. The van der Waals surface area contributed by atoms with Crippen LogP contribution in [0.4, 0.5) is 5.69 Å². The second kappa shape index (κ2) is 8.27. The van der Waals surface area contributed by atoms with Crippen LogP contribution in [0.3, 0.4) is 0 Å². The summed E-state index contributed by atoms with van der Waals surface area (Å²) in [6.07, 6.45) is 1.64. The summed E-state index contributed by atoms with van der Waals surface area (Å²) in [6, 6.07) is 8.15. The van der Waals surface area contributed by atoms with Crippen molar-refractivity contribution in [2.24, 2.45) is 0 Å². The predicted octanol–water partition coefficient (Wildman–Crippen LogP) is 2.00. The second-order valence-corrected chi connectivity index (χ2v) is 9.15. The van der Waals surface area contributed by atoms with Crippen molar-refractivity contribution in [1.29, 1.82) is 0 Å². The van der Waals surface area contributed by atoms with Gasteiger partial charge in [0.05, 0.1) is 11.5 Å². The molecule has 0 saturated carbocycles. The summed E-state index contributed by atoms with van der Waals surface area (Å²) in [5.41, 5.74) is 2.21. The van der Waals surface area contributed by atoms with Crippen molar-refractivity contribution in [2.45, 2.75) is 25.8 Å². The summed E-state index contributed by atoms with van der Waals surface area (Å²) in [5.74, 6) is 0.445. The molecule has 7 heteroatoms. The number of thiocarbonyl (C=S) groups is 1. The molecule has 0 aromatic heterocycles. The van der Waals surface area contributed by atoms with E-state index in [0.29, 0.717) is 18.1 Å². The number of likely N-dealkylation sites (N-methyl/N-ethyl adjacent to an activating group) is 1. The molecular formula is C17H27N3O2S2. The Labute approximate surface area is 150 Å². The average molecular weight is 370 g/mol. The van der Waals surface area contributed by atoms with Gasteiger partial charge in [0.15, 0.2) is 14.9 Å². The van der Waals surface area contributed by atoms with Crippen molar-refractivity contribution >= 4 is 32.9 Å². The summed E-state index contributed by atoms with van der Waals surface area (Å²) in [4.78, 5) is 4.11. The van der Waals surface area contributed by atoms with Gasteiger partial charge in [-0.2, -0.15) is 0 Å². The van der Waals surface area contributed by atoms with E-state index in [0.717, 1.165) is 18.7 Å². The molecule has 1 aliphatic rings. The van der Waals surface area contributed by atoms with Crippen LogP contribution in [0.15, 0.2) is 24.3 Å². The zero-order valence-corrected chi connectivity index (χ0v) is 16.3. The van der Waals surface area contributed by atoms with E-state index in [2.05, 4.69) is 29.3 Å². The van der Waals surface area contributed by atoms with Crippen LogP contribution in [0.1, 0.15) is 18.9 Å². The first kappa shape index (κ1) is 19.1. The molecule has 0 radical (unpaired) electrons. The third kappa shape index (κ3) is 5.43. The Hall–Kier alpha value is -1.18. The normalized spacial score (nSPS) is 19.4. The second-order valence-electron chi connectivity index (χ2n) is 6.53. The van der Waals surface area contributed by atoms with Gasteiger partial charge in [-0.25, -0.2) is 8.42 Å². The SMILES string of the molecule is CCc1ccc(NC(=S)N(CCN(C)C)[C@@H]2CCS(=O)(=O)C2)cc1. The molecular weight excluding hydrogens is 342 g/mol. The molecule has 5 nitrogen and oxygen atoms in total. The molecule has 24 heavy (non-hydrogen) atoms. The number of anilines is 1. The molecule has 1 heterocycles. The van der Waals surface area contributed by atoms with E-state index in [4.69, 9.17) is 12.2 Å². The van der Waals surface area contributed by atoms with Gasteiger partial charge in [-0.1, -0.05) is 19.1 Å². The standard InChI is InChI=1S/C17H27N3O2S2/c1-4-14-5-7-15(8-6-14)18-17(23)20(11-10-19(2)3)16-9-12-24(21,22)13-16/h5-8,16H,4,9-13H2,1-3H3,(H,18,23)/t16-/m1/s1. The molecule has 1 fully saturated rings. The molecule has 2 rings (SSSR count). The summed E-state index contributed by atoms with van der Waals surface area (Å²) >= 11 is 5.58. The molecule has 1 aromatic rings. The van der Waals surface area contributed by atoms with Crippen LogP contribution in [0.2, 0.25) is 0 Å². The van der Waals surface area contributed by atoms with E-state index >= 15 is 0 Å². The van der Waals surface area contributed by atoms with Gasteiger partial charge in [0.2, 0.25) is 0 Å². The van der Waals surface area contributed by atoms with Crippen molar-refractivity contribution < 1.29 is 8.42 Å². The van der Waals surface area contributed by atoms with Crippen LogP contribution in [0.5, 0.6) is 0 Å². The highest BCUT2D eigenvalue weighted by Crippen LogP contribution is 2.19. The molecule has 0 amide bonds. The van der Waals surface area contributed by atoms with E-state index in [1.54, 1.807) is 0 Å². The van der Waals surface area contributed by atoms with Crippen molar-refractivity contribution in [3.8, 4) is 0 Å². The van der Waals surface area contributed by atoms with Gasteiger partial charge in [0.1, 0.15) is 0 Å². The number of nitrogens with one attached hydrogen (secondary N) is 1. The smallest absolute Gasteiger partial charge is 0.173 e. The lowest BCUT2D eigenvalue weighted by Gasteiger charge is -2.32. The highest BCUT2D eigenvalue weighted by Gasteiger charge is 2.33. The molecule has 1 atom stereocenters. The van der Waals surface area contributed by atoms with Gasteiger partial charge in [0.25, 0.3) is 0 Å². The van der Waals surface area contributed by atoms with E-state index in [9.17, 15) is 8.42 Å². The van der Waals surface area contributed by atoms with E-state index < -0.39 is 9.84 Å². The molecule has 0 bridgehead atoms. The minimum atomic E-state index is -2.94. The fourth-order valence-corrected chi connectivity index (χ4v) is 4.89. The third-order valence-corrected chi connectivity index (χ3v) is 6.40.